The Morgan fingerprint density at radius 1 is 0.966 bits per heavy atom. The summed E-state index contributed by atoms with van der Waals surface area (Å²) in [7, 11) is 0. The topological polar surface area (TPSA) is 84.0 Å². The van der Waals surface area contributed by atoms with Gasteiger partial charge in [-0.05, 0) is 43.7 Å². The van der Waals surface area contributed by atoms with Gasteiger partial charge in [-0.15, -0.1) is 0 Å². The van der Waals surface area contributed by atoms with Crippen molar-refractivity contribution in [2.24, 2.45) is 4.99 Å². The first-order chi connectivity index (χ1) is 14.2. The van der Waals surface area contributed by atoms with Gasteiger partial charge in [0.15, 0.2) is 17.5 Å². The maximum absolute atomic E-state index is 11.9. The van der Waals surface area contributed by atoms with Gasteiger partial charge in [0.05, 0.1) is 19.8 Å². The summed E-state index contributed by atoms with van der Waals surface area (Å²) in [4.78, 5) is 16.5. The maximum atomic E-state index is 11.9. The molecule has 0 fully saturated rings. The Kier molecular flexibility index (Phi) is 7.33. The lowest BCUT2D eigenvalue weighted by molar-refractivity contribution is 0.0956. The van der Waals surface area contributed by atoms with E-state index in [1.807, 2.05) is 56.3 Å². The van der Waals surface area contributed by atoms with Gasteiger partial charge in [-0.1, -0.05) is 12.1 Å². The molecule has 29 heavy (non-hydrogen) atoms. The number of rotatable bonds is 6. The van der Waals surface area contributed by atoms with Crippen LogP contribution in [0.4, 0.5) is 5.69 Å². The average Bonchev–Trinajstić information content (AvgIpc) is 2.98. The third-order valence-electron chi connectivity index (χ3n) is 4.33. The lowest BCUT2D eigenvalue weighted by Gasteiger charge is -2.14. The van der Waals surface area contributed by atoms with Crippen LogP contribution in [0.1, 0.15) is 36.2 Å². The fourth-order valence-corrected chi connectivity index (χ4v) is 2.88. The number of anilines is 1. The molecule has 0 unspecified atom stereocenters. The SMILES string of the molecule is CCNC(=O)c1ccc(CN=C(NCC)Nc2ccc3c(c2)OCCCO3)cc1. The highest BCUT2D eigenvalue weighted by molar-refractivity contribution is 5.94. The molecule has 0 aromatic heterocycles. The highest BCUT2D eigenvalue weighted by Gasteiger charge is 2.11. The average molecular weight is 396 g/mol. The molecular weight excluding hydrogens is 368 g/mol. The van der Waals surface area contributed by atoms with Crippen molar-refractivity contribution >= 4 is 17.6 Å². The van der Waals surface area contributed by atoms with Crippen LogP contribution in [-0.4, -0.2) is 38.2 Å². The zero-order chi connectivity index (χ0) is 20.5. The van der Waals surface area contributed by atoms with Gasteiger partial charge < -0.3 is 25.4 Å². The molecule has 0 atom stereocenters. The monoisotopic (exact) mass is 396 g/mol. The number of carbonyl (C=O) groups is 1. The van der Waals surface area contributed by atoms with Crippen molar-refractivity contribution < 1.29 is 14.3 Å². The van der Waals surface area contributed by atoms with Crippen molar-refractivity contribution in [3.63, 3.8) is 0 Å². The summed E-state index contributed by atoms with van der Waals surface area (Å²) in [6, 6.07) is 13.3. The summed E-state index contributed by atoms with van der Waals surface area (Å²) >= 11 is 0. The Bertz CT molecular complexity index is 850. The first-order valence-corrected chi connectivity index (χ1v) is 10.0. The Labute approximate surface area is 171 Å². The molecule has 0 bridgehead atoms. The molecule has 0 radical (unpaired) electrons. The zero-order valence-corrected chi connectivity index (χ0v) is 17.0. The first kappa shape index (κ1) is 20.5. The van der Waals surface area contributed by atoms with E-state index in [0.29, 0.717) is 37.8 Å². The molecule has 1 heterocycles. The molecule has 1 aliphatic rings. The number of guanidine groups is 1. The van der Waals surface area contributed by atoms with Gasteiger partial charge >= 0.3 is 0 Å². The lowest BCUT2D eigenvalue weighted by Crippen LogP contribution is -2.30. The van der Waals surface area contributed by atoms with Crippen LogP contribution in [0.3, 0.4) is 0 Å². The molecule has 0 saturated heterocycles. The summed E-state index contributed by atoms with van der Waals surface area (Å²) in [6.07, 6.45) is 0.875. The molecule has 154 valence electrons. The minimum Gasteiger partial charge on any atom is -0.490 e. The molecule has 3 rings (SSSR count). The molecule has 7 heteroatoms. The summed E-state index contributed by atoms with van der Waals surface area (Å²) in [5, 5.41) is 9.34. The molecule has 0 aliphatic carbocycles. The third kappa shape index (κ3) is 5.88. The number of benzene rings is 2. The molecule has 0 saturated carbocycles. The van der Waals surface area contributed by atoms with Crippen LogP contribution in [0.5, 0.6) is 11.5 Å². The molecule has 1 aliphatic heterocycles. The third-order valence-corrected chi connectivity index (χ3v) is 4.33. The number of fused-ring (bicyclic) bond motifs is 1. The zero-order valence-electron chi connectivity index (χ0n) is 17.0. The molecule has 1 amide bonds. The molecule has 3 N–H and O–H groups in total. The van der Waals surface area contributed by atoms with E-state index < -0.39 is 0 Å². The van der Waals surface area contributed by atoms with Crippen LogP contribution in [0.15, 0.2) is 47.5 Å². The number of nitrogens with zero attached hydrogens (tertiary/aromatic N) is 1. The quantitative estimate of drug-likeness (QED) is 0.516. The van der Waals surface area contributed by atoms with E-state index in [9.17, 15) is 4.79 Å². The van der Waals surface area contributed by atoms with E-state index in [0.717, 1.165) is 35.7 Å². The van der Waals surface area contributed by atoms with Crippen LogP contribution >= 0.6 is 0 Å². The van der Waals surface area contributed by atoms with Gasteiger partial charge in [0.25, 0.3) is 5.91 Å². The minimum absolute atomic E-state index is 0.0630. The van der Waals surface area contributed by atoms with Crippen molar-refractivity contribution in [3.05, 3.63) is 53.6 Å². The van der Waals surface area contributed by atoms with Crippen molar-refractivity contribution in [1.82, 2.24) is 10.6 Å². The van der Waals surface area contributed by atoms with Gasteiger partial charge in [0.2, 0.25) is 0 Å². The largest absolute Gasteiger partial charge is 0.490 e. The van der Waals surface area contributed by atoms with Gasteiger partial charge in [-0.2, -0.15) is 0 Å². The minimum atomic E-state index is -0.0630. The molecule has 7 nitrogen and oxygen atoms in total. The number of amides is 1. The Balaban J connectivity index is 1.67. The van der Waals surface area contributed by atoms with Crippen molar-refractivity contribution in [2.45, 2.75) is 26.8 Å². The van der Waals surface area contributed by atoms with Crippen LogP contribution in [0.25, 0.3) is 0 Å². The summed E-state index contributed by atoms with van der Waals surface area (Å²) in [5.41, 5.74) is 2.55. The van der Waals surface area contributed by atoms with Crippen molar-refractivity contribution in [2.75, 3.05) is 31.6 Å². The van der Waals surface area contributed by atoms with Gasteiger partial charge in [0, 0.05) is 36.8 Å². The van der Waals surface area contributed by atoms with E-state index in [2.05, 4.69) is 20.9 Å². The van der Waals surface area contributed by atoms with Crippen LogP contribution in [0.2, 0.25) is 0 Å². The predicted molar refractivity (Wildman–Crippen MR) is 115 cm³/mol. The van der Waals surface area contributed by atoms with Crippen molar-refractivity contribution in [3.8, 4) is 11.5 Å². The lowest BCUT2D eigenvalue weighted by atomic mass is 10.1. The summed E-state index contributed by atoms with van der Waals surface area (Å²) in [5.74, 6) is 2.12. The highest BCUT2D eigenvalue weighted by Crippen LogP contribution is 2.32. The Morgan fingerprint density at radius 3 is 2.41 bits per heavy atom. The fourth-order valence-electron chi connectivity index (χ4n) is 2.88. The van der Waals surface area contributed by atoms with Gasteiger partial charge in [-0.25, -0.2) is 4.99 Å². The van der Waals surface area contributed by atoms with Gasteiger partial charge in [0.1, 0.15) is 0 Å². The van der Waals surface area contributed by atoms with Gasteiger partial charge in [-0.3, -0.25) is 4.79 Å². The van der Waals surface area contributed by atoms with Crippen LogP contribution < -0.4 is 25.4 Å². The summed E-state index contributed by atoms with van der Waals surface area (Å²) < 4.78 is 11.4. The molecule has 2 aromatic carbocycles. The predicted octanol–water partition coefficient (Wildman–Crippen LogP) is 3.18. The highest BCUT2D eigenvalue weighted by atomic mass is 16.5. The van der Waals surface area contributed by atoms with E-state index in [4.69, 9.17) is 9.47 Å². The van der Waals surface area contributed by atoms with E-state index in [1.54, 1.807) is 0 Å². The maximum Gasteiger partial charge on any atom is 0.251 e. The second kappa shape index (κ2) is 10.4. The molecular formula is C22H28N4O3. The number of nitrogens with one attached hydrogen (secondary N) is 3. The number of hydrogen-bond acceptors (Lipinski definition) is 4. The smallest absolute Gasteiger partial charge is 0.251 e. The number of hydrogen-bond donors (Lipinski definition) is 3. The second-order valence-electron chi connectivity index (χ2n) is 6.59. The van der Waals surface area contributed by atoms with Crippen molar-refractivity contribution in [1.29, 1.82) is 0 Å². The molecule has 2 aromatic rings. The Morgan fingerprint density at radius 2 is 1.69 bits per heavy atom. The fraction of sp³-hybridized carbons (Fsp3) is 0.364. The van der Waals surface area contributed by atoms with Crippen LogP contribution in [-0.2, 0) is 6.54 Å². The number of ether oxygens (including phenoxy) is 2. The number of carbonyl (C=O) groups excluding carboxylic acids is 1. The van der Waals surface area contributed by atoms with E-state index in [-0.39, 0.29) is 5.91 Å². The first-order valence-electron chi connectivity index (χ1n) is 10.0. The standard InChI is InChI=1S/C22H28N4O3/c1-3-23-21(27)17-8-6-16(7-9-17)15-25-22(24-4-2)26-18-10-11-19-20(14-18)29-13-5-12-28-19/h6-11,14H,3-5,12-13,15H2,1-2H3,(H,23,27)(H2,24,25,26). The Hall–Kier alpha value is -3.22. The van der Waals surface area contributed by atoms with E-state index >= 15 is 0 Å². The van der Waals surface area contributed by atoms with Crippen LogP contribution in [0, 0.1) is 0 Å². The van der Waals surface area contributed by atoms with E-state index in [1.165, 1.54) is 0 Å². The molecule has 0 spiro atoms. The second-order valence-corrected chi connectivity index (χ2v) is 6.59. The normalized spacial score (nSPS) is 13.4. The number of aliphatic imine (C=N–C) groups is 1. The summed E-state index contributed by atoms with van der Waals surface area (Å²) in [6.45, 7) is 7.09.